The highest BCUT2D eigenvalue weighted by molar-refractivity contribution is 7.90. The molecule has 37 heavy (non-hydrogen) atoms. The van der Waals surface area contributed by atoms with Crippen LogP contribution in [0.25, 0.3) is 27.3 Å². The van der Waals surface area contributed by atoms with Crippen molar-refractivity contribution in [3.8, 4) is 11.5 Å². The molecular formula is C24H24FN7O3S2. The number of thiazole rings is 1. The molecule has 1 saturated heterocycles. The number of halogens is 1. The highest BCUT2D eigenvalue weighted by Crippen LogP contribution is 2.28. The monoisotopic (exact) mass is 541 g/mol. The SMILES string of the molecule is C[S+]([O-])c1ccc(N2CCN(CCn3c(=O)sc4c3nc(N)n3nc(-c5ccco5)cc43)CC2)c(F)c1. The van der Waals surface area contributed by atoms with Crippen LogP contribution in [0.3, 0.4) is 0 Å². The van der Waals surface area contributed by atoms with Crippen LogP contribution < -0.4 is 15.5 Å². The minimum Gasteiger partial charge on any atom is -0.612 e. The van der Waals surface area contributed by atoms with Crippen LogP contribution in [0, 0.1) is 5.82 Å². The fraction of sp³-hybridized carbons (Fsp3) is 0.292. The average molecular weight is 542 g/mol. The lowest BCUT2D eigenvalue weighted by Gasteiger charge is -2.36. The van der Waals surface area contributed by atoms with Gasteiger partial charge in [-0.1, -0.05) is 11.3 Å². The van der Waals surface area contributed by atoms with E-state index < -0.39 is 11.2 Å². The average Bonchev–Trinajstić information content (AvgIpc) is 3.62. The predicted molar refractivity (Wildman–Crippen MR) is 142 cm³/mol. The van der Waals surface area contributed by atoms with Crippen LogP contribution in [0.5, 0.6) is 0 Å². The molecule has 1 unspecified atom stereocenters. The topological polar surface area (TPSA) is 121 Å². The molecule has 5 aromatic rings. The quantitative estimate of drug-likeness (QED) is 0.326. The number of hydrogen-bond acceptors (Lipinski definition) is 9. The first-order chi connectivity index (χ1) is 17.9. The molecule has 4 aromatic heterocycles. The van der Waals surface area contributed by atoms with Gasteiger partial charge >= 0.3 is 4.87 Å². The van der Waals surface area contributed by atoms with Gasteiger partial charge < -0.3 is 19.6 Å². The molecule has 10 nitrogen and oxygen atoms in total. The fourth-order valence-corrected chi connectivity index (χ4v) is 6.16. The van der Waals surface area contributed by atoms with E-state index in [0.717, 1.165) is 29.1 Å². The van der Waals surface area contributed by atoms with Gasteiger partial charge in [-0.05, 0) is 41.5 Å². The molecule has 0 amide bonds. The summed E-state index contributed by atoms with van der Waals surface area (Å²) in [5.74, 6) is 0.446. The Morgan fingerprint density at radius 2 is 2.00 bits per heavy atom. The second-order valence-corrected chi connectivity index (χ2v) is 11.2. The molecule has 0 radical (unpaired) electrons. The molecule has 0 spiro atoms. The number of furan rings is 1. The molecule has 0 bridgehead atoms. The van der Waals surface area contributed by atoms with Crippen LogP contribution >= 0.6 is 11.3 Å². The molecule has 1 atom stereocenters. The van der Waals surface area contributed by atoms with E-state index >= 15 is 0 Å². The van der Waals surface area contributed by atoms with Gasteiger partial charge in [0.25, 0.3) is 0 Å². The molecule has 1 aliphatic heterocycles. The van der Waals surface area contributed by atoms with Crippen molar-refractivity contribution in [1.29, 1.82) is 0 Å². The summed E-state index contributed by atoms with van der Waals surface area (Å²) >= 11 is -0.0948. The molecule has 192 valence electrons. The third-order valence-electron chi connectivity index (χ3n) is 6.63. The number of nitrogens with two attached hydrogens (primary N) is 1. The zero-order valence-corrected chi connectivity index (χ0v) is 21.6. The molecule has 0 saturated carbocycles. The molecule has 13 heteroatoms. The zero-order valence-electron chi connectivity index (χ0n) is 20.0. The third-order valence-corrected chi connectivity index (χ3v) is 8.53. The predicted octanol–water partition coefficient (Wildman–Crippen LogP) is 2.65. The number of piperazine rings is 1. The van der Waals surface area contributed by atoms with Gasteiger partial charge in [0.2, 0.25) is 5.95 Å². The van der Waals surface area contributed by atoms with Crippen LogP contribution in [0.15, 0.2) is 56.8 Å². The molecule has 5 heterocycles. The first-order valence-electron chi connectivity index (χ1n) is 11.7. The van der Waals surface area contributed by atoms with Gasteiger partial charge in [0.1, 0.15) is 16.6 Å². The lowest BCUT2D eigenvalue weighted by atomic mass is 10.2. The maximum atomic E-state index is 14.6. The molecule has 6 rings (SSSR count). The fourth-order valence-electron chi connectivity index (χ4n) is 4.67. The van der Waals surface area contributed by atoms with Gasteiger partial charge in [-0.2, -0.15) is 14.6 Å². The molecular weight excluding hydrogens is 517 g/mol. The lowest BCUT2D eigenvalue weighted by Crippen LogP contribution is -2.47. The summed E-state index contributed by atoms with van der Waals surface area (Å²) in [6.07, 6.45) is 3.11. The number of rotatable bonds is 6. The van der Waals surface area contributed by atoms with E-state index in [4.69, 9.17) is 10.2 Å². The van der Waals surface area contributed by atoms with E-state index in [-0.39, 0.29) is 16.6 Å². The maximum absolute atomic E-state index is 14.6. The summed E-state index contributed by atoms with van der Waals surface area (Å²) in [7, 11) is 0. The molecule has 0 aliphatic carbocycles. The number of nitrogens with zero attached hydrogens (tertiary/aromatic N) is 6. The molecule has 1 fully saturated rings. The van der Waals surface area contributed by atoms with Crippen LogP contribution in [0.2, 0.25) is 0 Å². The van der Waals surface area contributed by atoms with Gasteiger partial charge in [0, 0.05) is 45.3 Å². The van der Waals surface area contributed by atoms with Crippen molar-refractivity contribution >= 4 is 50.0 Å². The standard InChI is InChI=1S/C24H24FN7O3S2/c1-37(34)15-4-5-18(16(25)13-15)30-9-6-29(7-10-30)8-11-31-22-21(36-24(31)33)19-14-17(20-3-2-12-35-20)28-32(19)23(26)27-22/h2-5,12-14H,6-11H2,1H3,(H2,26,27). The van der Waals surface area contributed by atoms with Crippen LogP contribution in [0.4, 0.5) is 16.0 Å². The molecule has 1 aliphatic rings. The van der Waals surface area contributed by atoms with Crippen molar-refractivity contribution in [3.63, 3.8) is 0 Å². The number of aromatic nitrogens is 4. The minimum absolute atomic E-state index is 0.107. The Morgan fingerprint density at radius 3 is 2.70 bits per heavy atom. The molecule has 1 aromatic carbocycles. The van der Waals surface area contributed by atoms with Crippen molar-refractivity contribution < 1.29 is 13.4 Å². The van der Waals surface area contributed by atoms with E-state index in [1.807, 2.05) is 17.0 Å². The maximum Gasteiger partial charge on any atom is 0.309 e. The van der Waals surface area contributed by atoms with Gasteiger partial charge in [0.15, 0.2) is 22.1 Å². The summed E-state index contributed by atoms with van der Waals surface area (Å²) in [6, 6.07) is 10.2. The van der Waals surface area contributed by atoms with Gasteiger partial charge in [-0.3, -0.25) is 14.3 Å². The Bertz CT molecular complexity index is 1640. The Hall–Kier alpha value is -3.39. The van der Waals surface area contributed by atoms with Gasteiger partial charge in [0.05, 0.1) is 17.5 Å². The van der Waals surface area contributed by atoms with Gasteiger partial charge in [-0.25, -0.2) is 4.39 Å². The Labute approximate surface area is 217 Å². The summed E-state index contributed by atoms with van der Waals surface area (Å²) in [6.45, 7) is 3.88. The number of benzene rings is 1. The largest absolute Gasteiger partial charge is 0.612 e. The van der Waals surface area contributed by atoms with Crippen molar-refractivity contribution in [1.82, 2.24) is 24.1 Å². The second-order valence-electron chi connectivity index (χ2n) is 8.84. The van der Waals surface area contributed by atoms with Crippen molar-refractivity contribution in [3.05, 3.63) is 58.1 Å². The highest BCUT2D eigenvalue weighted by atomic mass is 32.2. The first kappa shape index (κ1) is 24.0. The Morgan fingerprint density at radius 1 is 1.19 bits per heavy atom. The summed E-state index contributed by atoms with van der Waals surface area (Å²) in [5.41, 5.74) is 8.59. The van der Waals surface area contributed by atoms with Crippen LogP contribution in [-0.4, -0.2) is 67.6 Å². The number of hydrogen-bond donors (Lipinski definition) is 1. The number of fused-ring (bicyclic) bond motifs is 3. The second kappa shape index (κ2) is 9.49. The minimum atomic E-state index is -1.22. The van der Waals surface area contributed by atoms with E-state index in [9.17, 15) is 13.7 Å². The third kappa shape index (κ3) is 4.37. The van der Waals surface area contributed by atoms with Crippen LogP contribution in [0.1, 0.15) is 0 Å². The van der Waals surface area contributed by atoms with E-state index in [1.165, 1.54) is 16.8 Å². The Balaban J connectivity index is 1.18. The van der Waals surface area contributed by atoms with Crippen molar-refractivity contribution in [2.75, 3.05) is 49.6 Å². The summed E-state index contributed by atoms with van der Waals surface area (Å²) in [4.78, 5) is 22.0. The van der Waals surface area contributed by atoms with Crippen LogP contribution in [-0.2, 0) is 17.7 Å². The summed E-state index contributed by atoms with van der Waals surface area (Å²) < 4.78 is 35.6. The van der Waals surface area contributed by atoms with E-state index in [2.05, 4.69) is 15.0 Å². The van der Waals surface area contributed by atoms with Crippen molar-refractivity contribution in [2.45, 2.75) is 11.4 Å². The number of anilines is 2. The summed E-state index contributed by atoms with van der Waals surface area (Å²) in [5, 5.41) is 4.49. The lowest BCUT2D eigenvalue weighted by molar-refractivity contribution is 0.248. The van der Waals surface area contributed by atoms with E-state index in [0.29, 0.717) is 59.4 Å². The zero-order chi connectivity index (χ0) is 25.7. The normalized spacial score (nSPS) is 15.7. The first-order valence-corrected chi connectivity index (χ1v) is 14.1. The number of nitrogen functional groups attached to an aromatic ring is 1. The van der Waals surface area contributed by atoms with E-state index in [1.54, 1.807) is 29.0 Å². The Kier molecular flexibility index (Phi) is 6.15. The molecule has 2 N–H and O–H groups in total. The van der Waals surface area contributed by atoms with Crippen molar-refractivity contribution in [2.24, 2.45) is 0 Å². The van der Waals surface area contributed by atoms with Gasteiger partial charge in [-0.15, -0.1) is 0 Å². The smallest absolute Gasteiger partial charge is 0.309 e. The highest BCUT2D eigenvalue weighted by Gasteiger charge is 2.22.